The highest BCUT2D eigenvalue weighted by Crippen LogP contribution is 2.30. The summed E-state index contributed by atoms with van der Waals surface area (Å²) in [6, 6.07) is 10.6. The minimum absolute atomic E-state index is 0.153. The van der Waals surface area contributed by atoms with Gasteiger partial charge in [0.25, 0.3) is 10.9 Å². The van der Waals surface area contributed by atoms with Gasteiger partial charge in [0.15, 0.2) is 0 Å². The fraction of sp³-hybridized carbons (Fsp3) is 0.227. The predicted octanol–water partition coefficient (Wildman–Crippen LogP) is 3.56. The zero-order valence-electron chi connectivity index (χ0n) is 16.1. The van der Waals surface area contributed by atoms with Gasteiger partial charge in [-0.1, -0.05) is 25.5 Å². The van der Waals surface area contributed by atoms with Crippen LogP contribution < -0.4 is 21.5 Å². The number of anilines is 3. The van der Waals surface area contributed by atoms with Crippen LogP contribution in [0.4, 0.5) is 17.1 Å². The zero-order chi connectivity index (χ0) is 20.4. The molecule has 1 aromatic heterocycles. The molecule has 4 N–H and O–H groups in total. The van der Waals surface area contributed by atoms with Crippen LogP contribution in [0.1, 0.15) is 30.9 Å². The topological polar surface area (TPSA) is 107 Å². The Labute approximate surface area is 167 Å². The first-order valence-electron chi connectivity index (χ1n) is 9.65. The fourth-order valence-electron chi connectivity index (χ4n) is 3.46. The van der Waals surface area contributed by atoms with E-state index in [0.29, 0.717) is 6.54 Å². The molecule has 0 amide bonds. The average Bonchev–Trinajstić information content (AvgIpc) is 3.20. The van der Waals surface area contributed by atoms with E-state index in [-0.39, 0.29) is 17.1 Å². The second-order valence-corrected chi connectivity index (χ2v) is 7.05. The van der Waals surface area contributed by atoms with Crippen molar-refractivity contribution in [1.82, 2.24) is 9.97 Å². The quantitative estimate of drug-likeness (QED) is 0.343. The number of rotatable bonds is 8. The van der Waals surface area contributed by atoms with E-state index < -0.39 is 10.9 Å². The van der Waals surface area contributed by atoms with E-state index in [4.69, 9.17) is 0 Å². The molecule has 0 fully saturated rings. The highest BCUT2D eigenvalue weighted by Gasteiger charge is 2.22. The Morgan fingerprint density at radius 3 is 2.72 bits per heavy atom. The van der Waals surface area contributed by atoms with E-state index in [9.17, 15) is 14.7 Å². The Kier molecular flexibility index (Phi) is 5.03. The summed E-state index contributed by atoms with van der Waals surface area (Å²) in [7, 11) is 0. The highest BCUT2D eigenvalue weighted by molar-refractivity contribution is 5.88. The first-order valence-corrected chi connectivity index (χ1v) is 9.65. The molecule has 4 aromatic rings. The summed E-state index contributed by atoms with van der Waals surface area (Å²) < 4.78 is 0. The van der Waals surface area contributed by atoms with Crippen LogP contribution in [0.25, 0.3) is 11.0 Å². The van der Waals surface area contributed by atoms with Gasteiger partial charge in [-0.15, -0.1) is 0 Å². The molecule has 0 saturated heterocycles. The van der Waals surface area contributed by atoms with E-state index in [0.717, 1.165) is 47.1 Å². The van der Waals surface area contributed by atoms with E-state index >= 15 is 0 Å². The first kappa shape index (κ1) is 18.7. The number of unbranched alkanes of at least 4 members (excludes halogenated alkanes) is 1. The molecule has 1 heterocycles. The van der Waals surface area contributed by atoms with Crippen molar-refractivity contribution in [2.24, 2.45) is 0 Å². The number of aryl methyl sites for hydroxylation is 1. The standard InChI is InChI=1S/C22H22N4O3/c1-2-3-7-15-16(8-9-17-18(15)25-12-24-17)26-20-19(21(28)22(20)29)23-11-13-5-4-6-14(27)10-13/h4-6,8-10,12,23,26-27H,2-3,7,11H2,1H3,(H,24,25). The maximum absolute atomic E-state index is 12.2. The predicted molar refractivity (Wildman–Crippen MR) is 115 cm³/mol. The summed E-state index contributed by atoms with van der Waals surface area (Å²) in [5.74, 6) is 0.153. The normalized spacial score (nSPS) is 11.2. The maximum Gasteiger partial charge on any atom is 0.253 e. The maximum atomic E-state index is 12.2. The number of hydrogen-bond donors (Lipinski definition) is 4. The third-order valence-corrected chi connectivity index (χ3v) is 5.03. The van der Waals surface area contributed by atoms with Gasteiger partial charge >= 0.3 is 0 Å². The van der Waals surface area contributed by atoms with Gasteiger partial charge in [-0.2, -0.15) is 0 Å². The van der Waals surface area contributed by atoms with Crippen LogP contribution in [0.2, 0.25) is 0 Å². The molecule has 0 atom stereocenters. The van der Waals surface area contributed by atoms with Crippen molar-refractivity contribution in [2.45, 2.75) is 32.7 Å². The van der Waals surface area contributed by atoms with E-state index in [1.807, 2.05) is 18.2 Å². The molecule has 0 aliphatic carbocycles. The molecule has 0 radical (unpaired) electrons. The van der Waals surface area contributed by atoms with Crippen molar-refractivity contribution in [3.05, 3.63) is 74.3 Å². The summed E-state index contributed by atoms with van der Waals surface area (Å²) in [5.41, 5.74) is 3.89. The molecule has 148 valence electrons. The van der Waals surface area contributed by atoms with E-state index in [1.54, 1.807) is 24.5 Å². The van der Waals surface area contributed by atoms with Crippen molar-refractivity contribution in [3.63, 3.8) is 0 Å². The van der Waals surface area contributed by atoms with E-state index in [2.05, 4.69) is 27.5 Å². The molecular weight excluding hydrogens is 368 g/mol. The smallest absolute Gasteiger partial charge is 0.253 e. The van der Waals surface area contributed by atoms with Gasteiger partial charge in [-0.25, -0.2) is 4.98 Å². The third kappa shape index (κ3) is 3.59. The number of nitrogens with one attached hydrogen (secondary N) is 3. The Balaban J connectivity index is 1.61. The summed E-state index contributed by atoms with van der Waals surface area (Å²) in [4.78, 5) is 31.8. The molecule has 0 bridgehead atoms. The van der Waals surface area contributed by atoms with Crippen LogP contribution in [0.3, 0.4) is 0 Å². The molecule has 0 unspecified atom stereocenters. The van der Waals surface area contributed by atoms with Crippen molar-refractivity contribution < 1.29 is 5.11 Å². The number of aromatic amines is 1. The summed E-state index contributed by atoms with van der Waals surface area (Å²) in [5, 5.41) is 15.8. The summed E-state index contributed by atoms with van der Waals surface area (Å²) >= 11 is 0. The van der Waals surface area contributed by atoms with E-state index in [1.165, 1.54) is 0 Å². The van der Waals surface area contributed by atoms with Crippen LogP contribution >= 0.6 is 0 Å². The Bertz CT molecular complexity index is 1230. The Hall–Kier alpha value is -3.61. The molecule has 29 heavy (non-hydrogen) atoms. The number of fused-ring (bicyclic) bond motifs is 1. The van der Waals surface area contributed by atoms with Gasteiger partial charge in [0.05, 0.1) is 17.4 Å². The third-order valence-electron chi connectivity index (χ3n) is 5.03. The molecule has 7 nitrogen and oxygen atoms in total. The van der Waals surface area contributed by atoms with Crippen molar-refractivity contribution in [3.8, 4) is 5.75 Å². The average molecular weight is 390 g/mol. The summed E-state index contributed by atoms with van der Waals surface area (Å²) in [6.07, 6.45) is 4.51. The molecular formula is C22H22N4O3. The molecule has 4 rings (SSSR count). The number of imidazole rings is 1. The molecule has 7 heteroatoms. The lowest BCUT2D eigenvalue weighted by Gasteiger charge is -2.17. The monoisotopic (exact) mass is 390 g/mol. The Morgan fingerprint density at radius 1 is 1.10 bits per heavy atom. The SMILES string of the molecule is CCCCc1c(Nc2c(NCc3cccc(O)c3)c(=O)c2=O)ccc2[nH]cnc12. The van der Waals surface area contributed by atoms with Crippen LogP contribution in [0.5, 0.6) is 5.75 Å². The lowest BCUT2D eigenvalue weighted by Crippen LogP contribution is -2.36. The van der Waals surface area contributed by atoms with Gasteiger partial charge < -0.3 is 20.7 Å². The van der Waals surface area contributed by atoms with Gasteiger partial charge in [-0.05, 0) is 42.7 Å². The number of phenolic OH excluding ortho intramolecular Hbond substituents is 1. The van der Waals surface area contributed by atoms with Gasteiger partial charge in [-0.3, -0.25) is 9.59 Å². The molecule has 0 spiro atoms. The molecule has 3 aromatic carbocycles. The van der Waals surface area contributed by atoms with Gasteiger partial charge in [0.2, 0.25) is 0 Å². The van der Waals surface area contributed by atoms with Crippen LogP contribution in [0.15, 0.2) is 52.3 Å². The number of hydrogen-bond acceptors (Lipinski definition) is 6. The van der Waals surface area contributed by atoms with Crippen molar-refractivity contribution >= 4 is 28.1 Å². The van der Waals surface area contributed by atoms with Crippen molar-refractivity contribution in [2.75, 3.05) is 10.6 Å². The lowest BCUT2D eigenvalue weighted by atomic mass is 10.0. The molecule has 0 aliphatic heterocycles. The van der Waals surface area contributed by atoms with Crippen LogP contribution in [-0.2, 0) is 13.0 Å². The second-order valence-electron chi connectivity index (χ2n) is 7.05. The van der Waals surface area contributed by atoms with Crippen LogP contribution in [0, 0.1) is 0 Å². The number of phenols is 1. The fourth-order valence-corrected chi connectivity index (χ4v) is 3.46. The highest BCUT2D eigenvalue weighted by atomic mass is 16.3. The first-order chi connectivity index (χ1) is 14.1. The van der Waals surface area contributed by atoms with Crippen molar-refractivity contribution in [1.29, 1.82) is 0 Å². The number of aromatic nitrogens is 2. The number of H-pyrrole nitrogens is 1. The minimum atomic E-state index is -0.538. The second kappa shape index (κ2) is 7.79. The molecule has 0 saturated carbocycles. The Morgan fingerprint density at radius 2 is 1.93 bits per heavy atom. The number of nitrogens with zero attached hydrogens (tertiary/aromatic N) is 1. The number of aromatic hydroxyl groups is 1. The number of benzene rings is 2. The van der Waals surface area contributed by atoms with Crippen LogP contribution in [-0.4, -0.2) is 15.1 Å². The lowest BCUT2D eigenvalue weighted by molar-refractivity contribution is 0.474. The largest absolute Gasteiger partial charge is 0.508 e. The van der Waals surface area contributed by atoms with Gasteiger partial charge in [0, 0.05) is 17.8 Å². The minimum Gasteiger partial charge on any atom is -0.508 e. The zero-order valence-corrected chi connectivity index (χ0v) is 16.1. The van der Waals surface area contributed by atoms with Gasteiger partial charge in [0.1, 0.15) is 17.1 Å². The summed E-state index contributed by atoms with van der Waals surface area (Å²) in [6.45, 7) is 2.45. The molecule has 0 aliphatic rings.